The van der Waals surface area contributed by atoms with Gasteiger partial charge in [-0.3, -0.25) is 0 Å². The number of rotatable bonds is 1. The predicted octanol–water partition coefficient (Wildman–Crippen LogP) is 1.09. The van der Waals surface area contributed by atoms with Crippen molar-refractivity contribution in [1.82, 2.24) is 4.90 Å². The number of nitroso groups, excluding NO2 is 1. The van der Waals surface area contributed by atoms with Crippen LogP contribution in [0.1, 0.15) is 12.8 Å². The van der Waals surface area contributed by atoms with Crippen molar-refractivity contribution in [2.24, 2.45) is 22.9 Å². The van der Waals surface area contributed by atoms with Crippen molar-refractivity contribution in [2.75, 3.05) is 19.6 Å². The Kier molecular flexibility index (Phi) is 1.33. The van der Waals surface area contributed by atoms with Gasteiger partial charge in [0.15, 0.2) is 0 Å². The molecule has 0 spiro atoms. The Morgan fingerprint density at radius 1 is 1.08 bits per heavy atom. The standard InChI is InChI=1S/C9H14N2O/c12-10-9-7-1-6-2-8(9)5-11(3-6)4-7/h6-9H,1-5H2. The van der Waals surface area contributed by atoms with Crippen molar-refractivity contribution in [3.8, 4) is 0 Å². The third-order valence-corrected chi connectivity index (χ3v) is 3.86. The van der Waals surface area contributed by atoms with Crippen molar-refractivity contribution in [3.05, 3.63) is 4.91 Å². The largest absolute Gasteiger partial charge is 0.302 e. The smallest absolute Gasteiger partial charge is 0.1000 e. The van der Waals surface area contributed by atoms with Gasteiger partial charge in [0.2, 0.25) is 0 Å². The number of hydrogen-bond acceptors (Lipinski definition) is 3. The Labute approximate surface area is 72.1 Å². The number of nitrogens with zero attached hydrogens (tertiary/aromatic N) is 2. The average Bonchev–Trinajstić information content (AvgIpc) is 2.02. The third kappa shape index (κ3) is 0.802. The van der Waals surface area contributed by atoms with Crippen molar-refractivity contribution in [2.45, 2.75) is 18.9 Å². The maximum Gasteiger partial charge on any atom is 0.1000 e. The Morgan fingerprint density at radius 2 is 1.75 bits per heavy atom. The summed E-state index contributed by atoms with van der Waals surface area (Å²) in [6.07, 6.45) is 2.53. The highest BCUT2D eigenvalue weighted by molar-refractivity contribution is 5.01. The van der Waals surface area contributed by atoms with Crippen LogP contribution in [0.4, 0.5) is 0 Å². The molecule has 66 valence electrons. The maximum absolute atomic E-state index is 10.6. The molecule has 3 heterocycles. The molecule has 4 rings (SSSR count). The molecule has 3 nitrogen and oxygen atoms in total. The summed E-state index contributed by atoms with van der Waals surface area (Å²) in [5.41, 5.74) is 0. The summed E-state index contributed by atoms with van der Waals surface area (Å²) < 4.78 is 0. The molecular formula is C9H14N2O. The van der Waals surface area contributed by atoms with Crippen LogP contribution in [0, 0.1) is 22.7 Å². The van der Waals surface area contributed by atoms with Crippen molar-refractivity contribution in [1.29, 1.82) is 0 Å². The third-order valence-electron chi connectivity index (χ3n) is 3.86. The fraction of sp³-hybridized carbons (Fsp3) is 1.00. The Balaban J connectivity index is 1.90. The zero-order chi connectivity index (χ0) is 8.13. The maximum atomic E-state index is 10.6. The van der Waals surface area contributed by atoms with Gasteiger partial charge in [0.25, 0.3) is 0 Å². The highest BCUT2D eigenvalue weighted by Crippen LogP contribution is 2.44. The van der Waals surface area contributed by atoms with Crippen LogP contribution >= 0.6 is 0 Å². The minimum absolute atomic E-state index is 0.165. The highest BCUT2D eigenvalue weighted by Gasteiger charge is 2.48. The van der Waals surface area contributed by atoms with Gasteiger partial charge in [0.1, 0.15) is 0 Å². The van der Waals surface area contributed by atoms with Gasteiger partial charge in [0, 0.05) is 19.6 Å². The monoisotopic (exact) mass is 166 g/mol. The molecule has 0 radical (unpaired) electrons. The van der Waals surface area contributed by atoms with Gasteiger partial charge in [-0.05, 0) is 30.6 Å². The summed E-state index contributed by atoms with van der Waals surface area (Å²) in [6.45, 7) is 3.57. The lowest BCUT2D eigenvalue weighted by atomic mass is 9.65. The number of piperidine rings is 3. The molecule has 2 unspecified atom stereocenters. The van der Waals surface area contributed by atoms with Gasteiger partial charge in [-0.1, -0.05) is 5.18 Å². The summed E-state index contributed by atoms with van der Waals surface area (Å²) >= 11 is 0. The van der Waals surface area contributed by atoms with Crippen molar-refractivity contribution < 1.29 is 0 Å². The van der Waals surface area contributed by atoms with Gasteiger partial charge in [-0.15, -0.1) is 0 Å². The van der Waals surface area contributed by atoms with Gasteiger partial charge >= 0.3 is 0 Å². The molecule has 3 aliphatic heterocycles. The van der Waals surface area contributed by atoms with Crippen LogP contribution < -0.4 is 0 Å². The minimum Gasteiger partial charge on any atom is -0.302 e. The van der Waals surface area contributed by atoms with E-state index in [-0.39, 0.29) is 6.04 Å². The summed E-state index contributed by atoms with van der Waals surface area (Å²) in [7, 11) is 0. The Bertz CT molecular complexity index is 189. The molecule has 1 saturated carbocycles. The molecule has 4 bridgehead atoms. The van der Waals surface area contributed by atoms with Crippen LogP contribution in [0.15, 0.2) is 5.18 Å². The molecule has 2 atom stereocenters. The molecule has 0 N–H and O–H groups in total. The van der Waals surface area contributed by atoms with E-state index in [1.54, 1.807) is 0 Å². The van der Waals surface area contributed by atoms with Crippen LogP contribution in [-0.4, -0.2) is 30.6 Å². The summed E-state index contributed by atoms with van der Waals surface area (Å²) in [5, 5.41) is 3.31. The molecule has 0 aromatic rings. The van der Waals surface area contributed by atoms with Crippen LogP contribution in [0.25, 0.3) is 0 Å². The minimum atomic E-state index is 0.165. The van der Waals surface area contributed by atoms with E-state index >= 15 is 0 Å². The van der Waals surface area contributed by atoms with E-state index in [9.17, 15) is 4.91 Å². The molecule has 3 saturated heterocycles. The van der Waals surface area contributed by atoms with E-state index < -0.39 is 0 Å². The summed E-state index contributed by atoms with van der Waals surface area (Å²) in [6, 6.07) is 0.165. The van der Waals surface area contributed by atoms with Gasteiger partial charge in [0.05, 0.1) is 6.04 Å². The topological polar surface area (TPSA) is 32.7 Å². The first kappa shape index (κ1) is 7.01. The second-order valence-corrected chi connectivity index (χ2v) is 4.67. The van der Waals surface area contributed by atoms with E-state index in [2.05, 4.69) is 10.1 Å². The van der Waals surface area contributed by atoms with E-state index in [1.165, 1.54) is 19.4 Å². The molecule has 3 heteroatoms. The van der Waals surface area contributed by atoms with E-state index in [1.807, 2.05) is 0 Å². The second kappa shape index (κ2) is 2.28. The summed E-state index contributed by atoms with van der Waals surface area (Å²) in [5.74, 6) is 2.10. The van der Waals surface area contributed by atoms with E-state index in [0.29, 0.717) is 11.8 Å². The van der Waals surface area contributed by atoms with Crippen LogP contribution in [0.3, 0.4) is 0 Å². The van der Waals surface area contributed by atoms with Crippen molar-refractivity contribution in [3.63, 3.8) is 0 Å². The van der Waals surface area contributed by atoms with Gasteiger partial charge < -0.3 is 4.90 Å². The van der Waals surface area contributed by atoms with Crippen molar-refractivity contribution >= 4 is 0 Å². The Morgan fingerprint density at radius 3 is 2.25 bits per heavy atom. The van der Waals surface area contributed by atoms with Gasteiger partial charge in [-0.2, -0.15) is 4.91 Å². The van der Waals surface area contributed by atoms with Gasteiger partial charge in [-0.25, -0.2) is 0 Å². The van der Waals surface area contributed by atoms with Crippen LogP contribution in [-0.2, 0) is 0 Å². The zero-order valence-corrected chi connectivity index (χ0v) is 7.15. The fourth-order valence-corrected chi connectivity index (χ4v) is 3.55. The molecule has 12 heavy (non-hydrogen) atoms. The van der Waals surface area contributed by atoms with Crippen LogP contribution in [0.2, 0.25) is 0 Å². The lowest BCUT2D eigenvalue weighted by Crippen LogP contribution is -2.59. The van der Waals surface area contributed by atoms with E-state index in [4.69, 9.17) is 0 Å². The highest BCUT2D eigenvalue weighted by atomic mass is 16.3. The summed E-state index contributed by atoms with van der Waals surface area (Å²) in [4.78, 5) is 13.1. The quantitative estimate of drug-likeness (QED) is 0.546. The molecule has 0 aromatic carbocycles. The fourth-order valence-electron chi connectivity index (χ4n) is 3.55. The first-order valence-corrected chi connectivity index (χ1v) is 4.91. The lowest BCUT2D eigenvalue weighted by molar-refractivity contribution is -0.0325. The molecular weight excluding hydrogens is 152 g/mol. The lowest BCUT2D eigenvalue weighted by Gasteiger charge is -2.53. The first-order chi connectivity index (χ1) is 5.86. The second-order valence-electron chi connectivity index (χ2n) is 4.67. The average molecular weight is 166 g/mol. The zero-order valence-electron chi connectivity index (χ0n) is 7.15. The first-order valence-electron chi connectivity index (χ1n) is 4.91. The number of hydrogen-bond donors (Lipinski definition) is 0. The Hall–Kier alpha value is -0.440. The molecule has 1 aliphatic carbocycles. The van der Waals surface area contributed by atoms with Crippen LogP contribution in [0.5, 0.6) is 0 Å². The predicted molar refractivity (Wildman–Crippen MR) is 45.7 cm³/mol. The molecule has 4 fully saturated rings. The van der Waals surface area contributed by atoms with E-state index in [0.717, 1.165) is 19.0 Å². The molecule has 0 amide bonds. The molecule has 4 aliphatic rings. The normalized spacial score (nSPS) is 55.8. The molecule has 0 aromatic heterocycles. The SMILES string of the molecule is O=NC1C2CC3CC1CN(C3)C2.